The van der Waals surface area contributed by atoms with Crippen LogP contribution in [0, 0.1) is 0 Å². The summed E-state index contributed by atoms with van der Waals surface area (Å²) in [5.41, 5.74) is 1.32. The van der Waals surface area contributed by atoms with Gasteiger partial charge in [-0.15, -0.1) is 0 Å². The topological polar surface area (TPSA) is 114 Å². The quantitative estimate of drug-likeness (QED) is 0.0507. The summed E-state index contributed by atoms with van der Waals surface area (Å²) >= 11 is 0. The van der Waals surface area contributed by atoms with Crippen LogP contribution in [0.1, 0.15) is 128 Å². The molecule has 0 unspecified atom stereocenters. The average molecular weight is 735 g/mol. The molecule has 0 atom stereocenters. The summed E-state index contributed by atoms with van der Waals surface area (Å²) in [5, 5.41) is 3.57. The summed E-state index contributed by atoms with van der Waals surface area (Å²) in [6.07, 6.45) is 20.5. The van der Waals surface area contributed by atoms with Gasteiger partial charge in [0.05, 0.1) is 9.79 Å². The van der Waals surface area contributed by atoms with E-state index >= 15 is 0 Å². The smallest absolute Gasteiger partial charge is 0.744 e. The van der Waals surface area contributed by atoms with Gasteiger partial charge in [-0.2, -0.15) is 0 Å². The van der Waals surface area contributed by atoms with Gasteiger partial charge in [0.25, 0.3) is 0 Å². The molecule has 4 aromatic carbocycles. The third kappa shape index (κ3) is 15.7. The Morgan fingerprint density at radius 1 is 0.429 bits per heavy atom. The van der Waals surface area contributed by atoms with Crippen LogP contribution in [0.15, 0.2) is 82.6 Å². The summed E-state index contributed by atoms with van der Waals surface area (Å²) in [6, 6.07) is 21.9. The van der Waals surface area contributed by atoms with E-state index in [-0.39, 0.29) is 47.5 Å². The Kier molecular flexibility index (Phi) is 20.6. The van der Waals surface area contributed by atoms with Gasteiger partial charge in [0, 0.05) is 0 Å². The van der Waals surface area contributed by atoms with E-state index in [1.165, 1.54) is 89.2 Å². The van der Waals surface area contributed by atoms with Gasteiger partial charge in [-0.05, 0) is 82.6 Å². The van der Waals surface area contributed by atoms with E-state index in [1.807, 2.05) is 60.7 Å². The molecule has 6 nitrogen and oxygen atoms in total. The Hall–Kier alpha value is -1.52. The second kappa shape index (κ2) is 23.1. The normalized spacial score (nSPS) is 11.7. The number of benzene rings is 4. The van der Waals surface area contributed by atoms with Crippen LogP contribution in [0.25, 0.3) is 21.5 Å². The van der Waals surface area contributed by atoms with Gasteiger partial charge < -0.3 is 9.11 Å². The maximum Gasteiger partial charge on any atom is 2.00 e. The first-order valence-corrected chi connectivity index (χ1v) is 20.8. The van der Waals surface area contributed by atoms with Gasteiger partial charge in [0.1, 0.15) is 20.2 Å². The van der Waals surface area contributed by atoms with Gasteiger partial charge >= 0.3 is 37.7 Å². The van der Waals surface area contributed by atoms with Crippen molar-refractivity contribution in [2.75, 3.05) is 0 Å². The molecule has 0 amide bonds. The second-order valence-corrected chi connectivity index (χ2v) is 15.7. The molecule has 0 saturated carbocycles. The fourth-order valence-electron chi connectivity index (χ4n) is 6.29. The van der Waals surface area contributed by atoms with Crippen molar-refractivity contribution in [2.45, 2.75) is 139 Å². The fraction of sp³-hybridized carbons (Fsp3) is 0.500. The summed E-state index contributed by atoms with van der Waals surface area (Å²) in [7, 11) is -8.87. The van der Waals surface area contributed by atoms with Crippen LogP contribution >= 0.6 is 0 Å². The molecule has 0 spiro atoms. The molecular formula is C40H54CaO6S2. The van der Waals surface area contributed by atoms with Gasteiger partial charge in [0.2, 0.25) is 0 Å². The van der Waals surface area contributed by atoms with E-state index in [0.29, 0.717) is 24.0 Å². The van der Waals surface area contributed by atoms with Crippen LogP contribution in [0.2, 0.25) is 0 Å². The molecule has 0 fully saturated rings. The zero-order chi connectivity index (χ0) is 34.8. The largest absolute Gasteiger partial charge is 2.00 e. The van der Waals surface area contributed by atoms with Gasteiger partial charge in [-0.1, -0.05) is 152 Å². The molecule has 0 aliphatic carbocycles. The fourth-order valence-corrected chi connectivity index (χ4v) is 7.79. The predicted molar refractivity (Wildman–Crippen MR) is 202 cm³/mol. The minimum Gasteiger partial charge on any atom is -0.744 e. The monoisotopic (exact) mass is 734 g/mol. The van der Waals surface area contributed by atoms with Gasteiger partial charge in [-0.25, -0.2) is 16.8 Å². The number of fused-ring (bicyclic) bond motifs is 2. The van der Waals surface area contributed by atoms with Crippen molar-refractivity contribution in [3.63, 3.8) is 0 Å². The molecule has 0 radical (unpaired) electrons. The molecule has 4 rings (SSSR count). The molecule has 0 aromatic heterocycles. The first-order valence-electron chi connectivity index (χ1n) is 18.0. The number of hydrogen-bond donors (Lipinski definition) is 0. The molecule has 0 heterocycles. The van der Waals surface area contributed by atoms with E-state index in [2.05, 4.69) is 13.8 Å². The molecule has 264 valence electrons. The standard InChI is InChI=1S/2C20H28O3S.Ca/c2*1-2-3-4-5-6-7-8-9-14-19-15-17-12-10-11-13-18(17)16-20(19)24(21,22)23;/h2*10-13,15-16H,2-9,14H2,1H3,(H,21,22,23);/q;;+2/p-2. The van der Waals surface area contributed by atoms with Crippen molar-refractivity contribution < 1.29 is 25.9 Å². The minimum atomic E-state index is -4.43. The number of rotatable bonds is 20. The van der Waals surface area contributed by atoms with Crippen LogP contribution in [-0.4, -0.2) is 63.7 Å². The zero-order valence-electron chi connectivity index (χ0n) is 29.6. The van der Waals surface area contributed by atoms with Crippen molar-refractivity contribution in [1.29, 1.82) is 0 Å². The van der Waals surface area contributed by atoms with Crippen LogP contribution < -0.4 is 0 Å². The SMILES string of the molecule is CCCCCCCCCCc1cc2ccccc2cc1S(=O)(=O)[O-].CCCCCCCCCCc1cc2ccccc2cc1S(=O)(=O)[O-].[Ca+2]. The van der Waals surface area contributed by atoms with Crippen LogP contribution in [0.5, 0.6) is 0 Å². The maximum absolute atomic E-state index is 11.6. The van der Waals surface area contributed by atoms with Crippen LogP contribution in [-0.2, 0) is 33.1 Å². The van der Waals surface area contributed by atoms with E-state index in [4.69, 9.17) is 0 Å². The molecular weight excluding hydrogens is 681 g/mol. The average Bonchev–Trinajstić information content (AvgIpc) is 3.06. The Labute approximate surface area is 326 Å². The Morgan fingerprint density at radius 3 is 0.980 bits per heavy atom. The molecule has 0 aliphatic heterocycles. The second-order valence-electron chi connectivity index (χ2n) is 13.0. The number of hydrogen-bond acceptors (Lipinski definition) is 6. The van der Waals surface area contributed by atoms with Crippen molar-refractivity contribution in [2.24, 2.45) is 0 Å². The summed E-state index contributed by atoms with van der Waals surface area (Å²) in [4.78, 5) is -0.103. The van der Waals surface area contributed by atoms with Gasteiger partial charge in [-0.3, -0.25) is 0 Å². The minimum absolute atomic E-state index is 0. The summed E-state index contributed by atoms with van der Waals surface area (Å²) in [6.45, 7) is 4.43. The molecule has 0 N–H and O–H groups in total. The molecule has 0 aliphatic rings. The van der Waals surface area contributed by atoms with Crippen molar-refractivity contribution in [1.82, 2.24) is 0 Å². The third-order valence-electron chi connectivity index (χ3n) is 9.00. The van der Waals surface area contributed by atoms with E-state index < -0.39 is 20.2 Å². The number of unbranched alkanes of at least 4 members (excludes halogenated alkanes) is 14. The van der Waals surface area contributed by atoms with Crippen LogP contribution in [0.3, 0.4) is 0 Å². The third-order valence-corrected chi connectivity index (χ3v) is 10.8. The van der Waals surface area contributed by atoms with E-state index in [9.17, 15) is 25.9 Å². The van der Waals surface area contributed by atoms with Crippen molar-refractivity contribution >= 4 is 79.5 Å². The predicted octanol–water partition coefficient (Wildman–Crippen LogP) is 10.5. The molecule has 0 bridgehead atoms. The van der Waals surface area contributed by atoms with Crippen molar-refractivity contribution in [3.8, 4) is 0 Å². The first kappa shape index (κ1) is 43.6. The van der Waals surface area contributed by atoms with E-state index in [0.717, 1.165) is 47.2 Å². The van der Waals surface area contributed by atoms with Crippen LogP contribution in [0.4, 0.5) is 0 Å². The summed E-state index contributed by atoms with van der Waals surface area (Å²) < 4.78 is 69.5. The van der Waals surface area contributed by atoms with E-state index in [1.54, 1.807) is 0 Å². The Balaban J connectivity index is 0.000000333. The first-order chi connectivity index (χ1) is 23.0. The van der Waals surface area contributed by atoms with Crippen molar-refractivity contribution in [3.05, 3.63) is 83.9 Å². The Bertz CT molecular complexity index is 1640. The Morgan fingerprint density at radius 2 is 0.694 bits per heavy atom. The zero-order valence-corrected chi connectivity index (χ0v) is 33.5. The molecule has 49 heavy (non-hydrogen) atoms. The number of aryl methyl sites for hydroxylation is 2. The summed E-state index contributed by atoms with van der Waals surface area (Å²) in [5.74, 6) is 0. The van der Waals surface area contributed by atoms with Gasteiger partial charge in [0.15, 0.2) is 0 Å². The molecule has 9 heteroatoms. The maximum atomic E-state index is 11.6. The molecule has 0 saturated heterocycles. The molecule has 4 aromatic rings.